The number of fused-ring (bicyclic) bond motifs is 4. The molecule has 1 aromatic heterocycles. The van der Waals surface area contributed by atoms with Gasteiger partial charge in [0.1, 0.15) is 11.2 Å². The Morgan fingerprint density at radius 1 is 1.24 bits per heavy atom. The van der Waals surface area contributed by atoms with Gasteiger partial charge in [-0.2, -0.15) is 0 Å². The summed E-state index contributed by atoms with van der Waals surface area (Å²) in [6, 6.07) is 3.60. The van der Waals surface area contributed by atoms with E-state index in [-0.39, 0.29) is 18.9 Å². The minimum Gasteiger partial charge on any atom is -0.454 e. The lowest BCUT2D eigenvalue weighted by molar-refractivity contribution is 0.0934. The number of carbonyl (C=O) groups is 1. The fourth-order valence-corrected chi connectivity index (χ4v) is 6.18. The van der Waals surface area contributed by atoms with Crippen molar-refractivity contribution in [2.75, 3.05) is 12.1 Å². The summed E-state index contributed by atoms with van der Waals surface area (Å²) in [6.07, 6.45) is 3.95. The van der Waals surface area contributed by atoms with E-state index in [1.54, 1.807) is 17.4 Å². The second kappa shape index (κ2) is 6.81. The van der Waals surface area contributed by atoms with Crippen LogP contribution in [0.2, 0.25) is 5.02 Å². The number of hydrogen-bond donors (Lipinski definition) is 2. The van der Waals surface area contributed by atoms with Gasteiger partial charge < -0.3 is 20.1 Å². The minimum atomic E-state index is -0.389. The normalized spacial score (nSPS) is 22.6. The third-order valence-corrected chi connectivity index (χ3v) is 8.38. The van der Waals surface area contributed by atoms with E-state index in [2.05, 4.69) is 31.4 Å². The number of benzene rings is 1. The highest BCUT2D eigenvalue weighted by Crippen LogP contribution is 2.48. The molecule has 5 rings (SSSR count). The monoisotopic (exact) mass is 432 g/mol. The van der Waals surface area contributed by atoms with Crippen LogP contribution < -0.4 is 20.1 Å². The first-order valence-corrected chi connectivity index (χ1v) is 11.4. The lowest BCUT2D eigenvalue weighted by Crippen LogP contribution is -2.38. The summed E-state index contributed by atoms with van der Waals surface area (Å²) in [7, 11) is 0. The van der Waals surface area contributed by atoms with Crippen molar-refractivity contribution in [2.45, 2.75) is 52.6 Å². The van der Waals surface area contributed by atoms with E-state index < -0.39 is 0 Å². The molecule has 0 saturated heterocycles. The summed E-state index contributed by atoms with van der Waals surface area (Å²) in [6.45, 7) is 7.18. The third-order valence-electron chi connectivity index (χ3n) is 6.86. The summed E-state index contributed by atoms with van der Waals surface area (Å²) >= 11 is 8.21. The first-order chi connectivity index (χ1) is 13.9. The van der Waals surface area contributed by atoms with Crippen LogP contribution in [0, 0.1) is 11.3 Å². The Kier molecular flexibility index (Phi) is 4.48. The largest absolute Gasteiger partial charge is 0.454 e. The van der Waals surface area contributed by atoms with Crippen LogP contribution in [0.5, 0.6) is 11.5 Å². The molecule has 5 nitrogen and oxygen atoms in total. The Morgan fingerprint density at radius 2 is 2.00 bits per heavy atom. The molecule has 0 fully saturated rings. The van der Waals surface area contributed by atoms with E-state index >= 15 is 0 Å². The highest BCUT2D eigenvalue weighted by Gasteiger charge is 2.38. The van der Waals surface area contributed by atoms with Gasteiger partial charge in [0.2, 0.25) is 6.79 Å². The summed E-state index contributed by atoms with van der Waals surface area (Å²) in [5.74, 6) is 1.92. The lowest BCUT2D eigenvalue weighted by Gasteiger charge is -2.36. The van der Waals surface area contributed by atoms with E-state index in [4.69, 9.17) is 21.1 Å². The highest BCUT2D eigenvalue weighted by atomic mass is 35.5. The molecule has 0 unspecified atom stereocenters. The van der Waals surface area contributed by atoms with Crippen LogP contribution in [0.25, 0.3) is 0 Å². The van der Waals surface area contributed by atoms with Gasteiger partial charge in [0.15, 0.2) is 11.5 Å². The average molecular weight is 433 g/mol. The molecule has 0 saturated carbocycles. The van der Waals surface area contributed by atoms with Crippen molar-refractivity contribution in [3.05, 3.63) is 38.7 Å². The standard InChI is InChI=1S/C22H25ClN2O3S/c1-4-22(2,3)11-5-6-12-17(7-11)29-21-18(12)20(26)24-19(25-21)13-8-15-16(9-14(13)23)28-10-27-15/h8-9,11,19,25H,4-7,10H2,1-3H3,(H,24,26)/t11-,19-/m0/s1. The van der Waals surface area contributed by atoms with Crippen LogP contribution in [0.15, 0.2) is 12.1 Å². The fourth-order valence-electron chi connectivity index (χ4n) is 4.56. The molecule has 1 aromatic carbocycles. The number of hydrogen-bond acceptors (Lipinski definition) is 5. The Labute approximate surface area is 179 Å². The highest BCUT2D eigenvalue weighted by molar-refractivity contribution is 7.16. The smallest absolute Gasteiger partial charge is 0.256 e. The van der Waals surface area contributed by atoms with Crippen molar-refractivity contribution in [3.8, 4) is 11.5 Å². The van der Waals surface area contributed by atoms with Gasteiger partial charge in [0, 0.05) is 16.5 Å². The van der Waals surface area contributed by atoms with Crippen molar-refractivity contribution in [2.24, 2.45) is 11.3 Å². The third kappa shape index (κ3) is 3.08. The molecule has 0 spiro atoms. The molecule has 0 bridgehead atoms. The van der Waals surface area contributed by atoms with Crippen LogP contribution in [0.3, 0.4) is 0 Å². The molecule has 7 heteroatoms. The number of halogens is 1. The van der Waals surface area contributed by atoms with E-state index in [9.17, 15) is 4.79 Å². The van der Waals surface area contributed by atoms with Crippen LogP contribution in [0.4, 0.5) is 5.00 Å². The van der Waals surface area contributed by atoms with E-state index in [1.807, 2.05) is 6.07 Å². The SMILES string of the molecule is CCC(C)(C)[C@H]1CCc2c(sc3c2C(=O)N[C@H](c2cc4c(cc2Cl)OCO4)N3)C1. The molecule has 3 aliphatic rings. The number of thiophene rings is 1. The Balaban J connectivity index is 1.46. The number of rotatable bonds is 3. The molecule has 2 aliphatic heterocycles. The summed E-state index contributed by atoms with van der Waals surface area (Å²) in [4.78, 5) is 14.4. The van der Waals surface area contributed by atoms with Gasteiger partial charge in [-0.3, -0.25) is 4.79 Å². The maximum Gasteiger partial charge on any atom is 0.256 e. The zero-order valence-corrected chi connectivity index (χ0v) is 18.4. The Hall–Kier alpha value is -1.92. The molecular weight excluding hydrogens is 408 g/mol. The van der Waals surface area contributed by atoms with Gasteiger partial charge in [-0.15, -0.1) is 11.3 Å². The van der Waals surface area contributed by atoms with Gasteiger partial charge in [0.25, 0.3) is 5.91 Å². The van der Waals surface area contributed by atoms with Gasteiger partial charge in [-0.05, 0) is 42.2 Å². The Bertz CT molecular complexity index is 1000. The van der Waals surface area contributed by atoms with Crippen molar-refractivity contribution >= 4 is 33.8 Å². The van der Waals surface area contributed by atoms with E-state index in [0.717, 1.165) is 35.4 Å². The zero-order chi connectivity index (χ0) is 20.3. The Morgan fingerprint density at radius 3 is 2.76 bits per heavy atom. The predicted octanol–water partition coefficient (Wildman–Crippen LogP) is 5.53. The minimum absolute atomic E-state index is 0.0248. The predicted molar refractivity (Wildman–Crippen MR) is 115 cm³/mol. The van der Waals surface area contributed by atoms with Gasteiger partial charge in [-0.1, -0.05) is 38.8 Å². The quantitative estimate of drug-likeness (QED) is 0.669. The van der Waals surface area contributed by atoms with Crippen LogP contribution in [-0.2, 0) is 12.8 Å². The van der Waals surface area contributed by atoms with Crippen LogP contribution in [-0.4, -0.2) is 12.7 Å². The molecular formula is C22H25ClN2O3S. The molecule has 1 aliphatic carbocycles. The molecule has 154 valence electrons. The first-order valence-electron chi connectivity index (χ1n) is 10.2. The maximum absolute atomic E-state index is 13.0. The number of carbonyl (C=O) groups excluding carboxylic acids is 1. The second-order valence-corrected chi connectivity index (χ2v) is 10.3. The van der Waals surface area contributed by atoms with Crippen molar-refractivity contribution in [1.29, 1.82) is 0 Å². The zero-order valence-electron chi connectivity index (χ0n) is 16.9. The van der Waals surface area contributed by atoms with Crippen LogP contribution >= 0.6 is 22.9 Å². The molecule has 2 aromatic rings. The number of ether oxygens (including phenoxy) is 2. The lowest BCUT2D eigenvalue weighted by atomic mass is 9.69. The topological polar surface area (TPSA) is 59.6 Å². The van der Waals surface area contributed by atoms with Gasteiger partial charge in [-0.25, -0.2) is 0 Å². The number of amides is 1. The maximum atomic E-state index is 13.0. The summed E-state index contributed by atoms with van der Waals surface area (Å²) in [5, 5.41) is 8.09. The summed E-state index contributed by atoms with van der Waals surface area (Å²) < 4.78 is 10.9. The van der Waals surface area contributed by atoms with E-state index in [1.165, 1.54) is 16.9 Å². The van der Waals surface area contributed by atoms with E-state index in [0.29, 0.717) is 27.9 Å². The first kappa shape index (κ1) is 19.1. The average Bonchev–Trinajstić information content (AvgIpc) is 3.30. The molecule has 2 atom stereocenters. The van der Waals surface area contributed by atoms with Crippen molar-refractivity contribution in [3.63, 3.8) is 0 Å². The van der Waals surface area contributed by atoms with Crippen molar-refractivity contribution in [1.82, 2.24) is 5.32 Å². The number of anilines is 1. The fraction of sp³-hybridized carbons (Fsp3) is 0.500. The van der Waals surface area contributed by atoms with Crippen molar-refractivity contribution < 1.29 is 14.3 Å². The molecule has 2 N–H and O–H groups in total. The van der Waals surface area contributed by atoms with Gasteiger partial charge in [0.05, 0.1) is 10.6 Å². The second-order valence-electron chi connectivity index (χ2n) is 8.77. The van der Waals surface area contributed by atoms with Gasteiger partial charge >= 0.3 is 0 Å². The van der Waals surface area contributed by atoms with Crippen LogP contribution in [0.1, 0.15) is 66.1 Å². The summed E-state index contributed by atoms with van der Waals surface area (Å²) in [5.41, 5.74) is 3.16. The molecule has 29 heavy (non-hydrogen) atoms. The molecule has 1 amide bonds. The molecule has 0 radical (unpaired) electrons. The molecule has 3 heterocycles. The number of nitrogens with one attached hydrogen (secondary N) is 2.